The molecule has 1 N–H and O–H groups in total. The number of rotatable bonds is 8. The van der Waals surface area contributed by atoms with E-state index in [0.29, 0.717) is 18.4 Å². The van der Waals surface area contributed by atoms with Gasteiger partial charge in [0.25, 0.3) is 0 Å². The van der Waals surface area contributed by atoms with Crippen molar-refractivity contribution >= 4 is 17.9 Å². The van der Waals surface area contributed by atoms with Gasteiger partial charge in [-0.15, -0.1) is 0 Å². The Morgan fingerprint density at radius 2 is 1.35 bits per heavy atom. The zero-order valence-electron chi connectivity index (χ0n) is 12.0. The van der Waals surface area contributed by atoms with E-state index in [1.165, 1.54) is 13.8 Å². The molecule has 0 spiro atoms. The molecule has 0 aliphatic carbocycles. The second-order valence-electron chi connectivity index (χ2n) is 4.31. The lowest BCUT2D eigenvalue weighted by atomic mass is 10.1. The minimum Gasteiger partial charge on any atom is -0.478 e. The summed E-state index contributed by atoms with van der Waals surface area (Å²) in [5.41, 5.74) is 0.373. The molecule has 0 saturated carbocycles. The first-order valence-electron chi connectivity index (χ1n) is 6.18. The van der Waals surface area contributed by atoms with Crippen molar-refractivity contribution in [2.45, 2.75) is 33.6 Å². The van der Waals surface area contributed by atoms with E-state index < -0.39 is 17.9 Å². The number of carbonyl (C=O) groups excluding carboxylic acids is 2. The van der Waals surface area contributed by atoms with Crippen LogP contribution in [0.3, 0.4) is 0 Å². The van der Waals surface area contributed by atoms with E-state index in [1.807, 2.05) is 0 Å². The van der Waals surface area contributed by atoms with Crippen molar-refractivity contribution in [2.75, 3.05) is 13.2 Å². The predicted molar refractivity (Wildman–Crippen MR) is 72.0 cm³/mol. The second-order valence-corrected chi connectivity index (χ2v) is 4.31. The highest BCUT2D eigenvalue weighted by molar-refractivity contribution is 5.98. The van der Waals surface area contributed by atoms with Crippen LogP contribution < -0.4 is 0 Å². The van der Waals surface area contributed by atoms with Crippen molar-refractivity contribution in [3.63, 3.8) is 0 Å². The maximum atomic E-state index is 11.5. The summed E-state index contributed by atoms with van der Waals surface area (Å²) in [5.74, 6) is -2.24. The van der Waals surface area contributed by atoms with E-state index in [0.717, 1.165) is 0 Å². The van der Waals surface area contributed by atoms with Crippen molar-refractivity contribution < 1.29 is 29.0 Å². The van der Waals surface area contributed by atoms with Gasteiger partial charge in [-0.25, -0.2) is 14.4 Å². The lowest BCUT2D eigenvalue weighted by Gasteiger charge is -2.07. The van der Waals surface area contributed by atoms with Crippen LogP contribution in [0.2, 0.25) is 0 Å². The van der Waals surface area contributed by atoms with Gasteiger partial charge in [0.2, 0.25) is 0 Å². The summed E-state index contributed by atoms with van der Waals surface area (Å²) in [6.45, 7) is 8.13. The predicted octanol–water partition coefficient (Wildman–Crippen LogP) is 1.85. The van der Waals surface area contributed by atoms with Gasteiger partial charge >= 0.3 is 17.9 Å². The fourth-order valence-electron chi connectivity index (χ4n) is 1.08. The summed E-state index contributed by atoms with van der Waals surface area (Å²) in [4.78, 5) is 33.2. The molecule has 112 valence electrons. The number of carboxylic acids is 1. The van der Waals surface area contributed by atoms with Gasteiger partial charge in [-0.3, -0.25) is 0 Å². The largest absolute Gasteiger partial charge is 0.478 e. The van der Waals surface area contributed by atoms with Gasteiger partial charge in [0.15, 0.2) is 0 Å². The molecule has 0 rings (SSSR count). The van der Waals surface area contributed by atoms with Crippen LogP contribution in [-0.2, 0) is 23.9 Å². The zero-order chi connectivity index (χ0) is 15.7. The molecule has 0 aliphatic rings. The van der Waals surface area contributed by atoms with Crippen molar-refractivity contribution in [3.05, 3.63) is 23.3 Å². The lowest BCUT2D eigenvalue weighted by Crippen LogP contribution is -2.12. The minimum absolute atomic E-state index is 0.0367. The van der Waals surface area contributed by atoms with Crippen molar-refractivity contribution in [1.82, 2.24) is 0 Å². The van der Waals surface area contributed by atoms with Gasteiger partial charge in [-0.05, 0) is 33.6 Å². The van der Waals surface area contributed by atoms with Crippen LogP contribution >= 0.6 is 0 Å². The number of carbonyl (C=O) groups is 3. The maximum Gasteiger partial charge on any atom is 0.334 e. The Hall–Kier alpha value is -2.11. The Kier molecular flexibility index (Phi) is 7.96. The van der Waals surface area contributed by atoms with E-state index in [1.54, 1.807) is 6.92 Å². The van der Waals surface area contributed by atoms with Gasteiger partial charge in [0.05, 0.1) is 13.2 Å². The van der Waals surface area contributed by atoms with Gasteiger partial charge in [-0.1, -0.05) is 6.58 Å². The second kappa shape index (κ2) is 8.90. The molecule has 20 heavy (non-hydrogen) atoms. The smallest absolute Gasteiger partial charge is 0.334 e. The topological polar surface area (TPSA) is 89.9 Å². The fourth-order valence-corrected chi connectivity index (χ4v) is 1.08. The molecule has 0 unspecified atom stereocenters. The Morgan fingerprint density at radius 1 is 0.900 bits per heavy atom. The third-order valence-corrected chi connectivity index (χ3v) is 2.54. The first-order chi connectivity index (χ1) is 9.27. The van der Waals surface area contributed by atoms with E-state index in [-0.39, 0.29) is 24.4 Å². The van der Waals surface area contributed by atoms with Crippen LogP contribution in [0.1, 0.15) is 33.6 Å². The number of esters is 2. The Bertz CT molecular complexity index is 433. The minimum atomic E-state index is -1.15. The van der Waals surface area contributed by atoms with E-state index in [9.17, 15) is 14.4 Å². The van der Waals surface area contributed by atoms with Crippen LogP contribution in [0.15, 0.2) is 23.3 Å². The number of ether oxygens (including phenoxy) is 2. The highest BCUT2D eigenvalue weighted by atomic mass is 16.5. The van der Waals surface area contributed by atoms with E-state index in [4.69, 9.17) is 14.6 Å². The Morgan fingerprint density at radius 3 is 1.75 bits per heavy atom. The molecule has 6 nitrogen and oxygen atoms in total. The number of aliphatic carboxylic acids is 1. The standard InChI is InChI=1S/C14H20O6/c1-9(2)13(17)19-7-5-6-8-20-14(18)11(4)10(3)12(15)16/h1,5-8H2,2-4H3,(H,15,16). The van der Waals surface area contributed by atoms with E-state index >= 15 is 0 Å². The van der Waals surface area contributed by atoms with Crippen molar-refractivity contribution in [3.8, 4) is 0 Å². The molecular weight excluding hydrogens is 264 g/mol. The third-order valence-electron chi connectivity index (χ3n) is 2.54. The number of carboxylic acid groups (broad SMARTS) is 1. The molecule has 0 saturated heterocycles. The molecule has 0 aromatic heterocycles. The quantitative estimate of drug-likeness (QED) is 0.415. The molecule has 0 fully saturated rings. The van der Waals surface area contributed by atoms with Crippen LogP contribution in [0.25, 0.3) is 0 Å². The highest BCUT2D eigenvalue weighted by Crippen LogP contribution is 2.06. The van der Waals surface area contributed by atoms with Crippen molar-refractivity contribution in [2.24, 2.45) is 0 Å². The molecule has 6 heteroatoms. The molecule has 0 aromatic carbocycles. The van der Waals surface area contributed by atoms with Crippen LogP contribution in [0, 0.1) is 0 Å². The average Bonchev–Trinajstić information content (AvgIpc) is 2.39. The first-order valence-corrected chi connectivity index (χ1v) is 6.18. The molecule has 0 heterocycles. The molecule has 0 bridgehead atoms. The van der Waals surface area contributed by atoms with Gasteiger partial charge in [0, 0.05) is 16.7 Å². The van der Waals surface area contributed by atoms with Gasteiger partial charge in [0.1, 0.15) is 0 Å². The highest BCUT2D eigenvalue weighted by Gasteiger charge is 2.13. The summed E-state index contributed by atoms with van der Waals surface area (Å²) in [6.07, 6.45) is 1.07. The molecule has 0 aliphatic heterocycles. The fraction of sp³-hybridized carbons (Fsp3) is 0.500. The summed E-state index contributed by atoms with van der Waals surface area (Å²) in [5, 5.41) is 8.72. The van der Waals surface area contributed by atoms with Gasteiger partial charge in [-0.2, -0.15) is 0 Å². The third kappa shape index (κ3) is 6.72. The number of hydrogen-bond donors (Lipinski definition) is 1. The summed E-state index contributed by atoms with van der Waals surface area (Å²) >= 11 is 0. The molecular formula is C14H20O6. The van der Waals surface area contributed by atoms with Gasteiger partial charge < -0.3 is 14.6 Å². The van der Waals surface area contributed by atoms with E-state index in [2.05, 4.69) is 6.58 Å². The normalized spacial score (nSPS) is 11.3. The molecule has 0 amide bonds. The van der Waals surface area contributed by atoms with Crippen molar-refractivity contribution in [1.29, 1.82) is 0 Å². The summed E-state index contributed by atoms with van der Waals surface area (Å²) < 4.78 is 9.77. The monoisotopic (exact) mass is 284 g/mol. The van der Waals surface area contributed by atoms with Crippen LogP contribution in [-0.4, -0.2) is 36.2 Å². The molecule has 0 atom stereocenters. The summed E-state index contributed by atoms with van der Waals surface area (Å²) in [6, 6.07) is 0. The first kappa shape index (κ1) is 17.9. The lowest BCUT2D eigenvalue weighted by molar-refractivity contribution is -0.141. The molecule has 0 radical (unpaired) electrons. The molecule has 0 aromatic rings. The Labute approximate surface area is 118 Å². The average molecular weight is 284 g/mol. The maximum absolute atomic E-state index is 11.5. The summed E-state index contributed by atoms with van der Waals surface area (Å²) in [7, 11) is 0. The number of unbranched alkanes of at least 4 members (excludes halogenated alkanes) is 1. The van der Waals surface area contributed by atoms with Crippen LogP contribution in [0.5, 0.6) is 0 Å². The Balaban J connectivity index is 3.89. The van der Waals surface area contributed by atoms with Crippen LogP contribution in [0.4, 0.5) is 0 Å². The zero-order valence-corrected chi connectivity index (χ0v) is 12.0. The number of hydrogen-bond acceptors (Lipinski definition) is 5. The SMILES string of the molecule is C=C(C)C(=O)OCCCCOC(=O)C(C)=C(C)C(=O)O.